The Labute approximate surface area is 234 Å². The second-order valence-corrected chi connectivity index (χ2v) is 10.4. The Morgan fingerprint density at radius 1 is 0.825 bits per heavy atom. The van der Waals surface area contributed by atoms with E-state index in [1.54, 1.807) is 7.11 Å². The second-order valence-electron chi connectivity index (χ2n) is 10.4. The summed E-state index contributed by atoms with van der Waals surface area (Å²) in [6.07, 6.45) is 4.81. The van der Waals surface area contributed by atoms with E-state index < -0.39 is 0 Å². The van der Waals surface area contributed by atoms with Crippen LogP contribution < -0.4 is 19.7 Å². The predicted octanol–water partition coefficient (Wildman–Crippen LogP) is 5.63. The van der Waals surface area contributed by atoms with Gasteiger partial charge in [-0.3, -0.25) is 9.69 Å². The van der Waals surface area contributed by atoms with Crippen molar-refractivity contribution in [1.82, 2.24) is 14.9 Å². The molecule has 8 nitrogen and oxygen atoms in total. The van der Waals surface area contributed by atoms with Gasteiger partial charge in [0.05, 0.1) is 18.1 Å². The molecular formula is C32H35N5O3. The van der Waals surface area contributed by atoms with E-state index in [2.05, 4.69) is 15.1 Å². The minimum atomic E-state index is -0.171. The van der Waals surface area contributed by atoms with Crippen molar-refractivity contribution in [1.29, 1.82) is 0 Å². The highest BCUT2D eigenvalue weighted by atomic mass is 16.5. The van der Waals surface area contributed by atoms with Crippen LogP contribution in [0.2, 0.25) is 0 Å². The average Bonchev–Trinajstić information content (AvgIpc) is 3.72. The van der Waals surface area contributed by atoms with Gasteiger partial charge in [0.1, 0.15) is 12.4 Å². The van der Waals surface area contributed by atoms with Gasteiger partial charge in [-0.2, -0.15) is 0 Å². The van der Waals surface area contributed by atoms with Crippen LogP contribution in [0, 0.1) is 0 Å². The van der Waals surface area contributed by atoms with Crippen LogP contribution in [0.25, 0.3) is 22.2 Å². The number of rotatable bonds is 9. The molecule has 1 amide bonds. The molecule has 2 saturated heterocycles. The van der Waals surface area contributed by atoms with Crippen LogP contribution in [0.5, 0.6) is 11.6 Å². The van der Waals surface area contributed by atoms with Crippen LogP contribution in [-0.4, -0.2) is 67.2 Å². The number of likely N-dealkylation sites (tertiary alicyclic amines) is 1. The molecule has 206 valence electrons. The van der Waals surface area contributed by atoms with Crippen molar-refractivity contribution in [3.63, 3.8) is 0 Å². The molecule has 2 aliphatic rings. The Bertz CT molecular complexity index is 1460. The number of carbonyl (C=O) groups is 1. The third-order valence-corrected chi connectivity index (χ3v) is 7.69. The molecule has 1 N–H and O–H groups in total. The lowest BCUT2D eigenvalue weighted by molar-refractivity contribution is 0.102. The quantitative estimate of drug-likeness (QED) is 0.296. The van der Waals surface area contributed by atoms with Gasteiger partial charge in [-0.25, -0.2) is 9.97 Å². The van der Waals surface area contributed by atoms with Gasteiger partial charge >= 0.3 is 0 Å². The van der Waals surface area contributed by atoms with Gasteiger partial charge in [0, 0.05) is 30.9 Å². The van der Waals surface area contributed by atoms with Gasteiger partial charge in [0.2, 0.25) is 0 Å². The van der Waals surface area contributed by atoms with Crippen LogP contribution >= 0.6 is 0 Å². The number of carbonyl (C=O) groups excluding carboxylic acids is 1. The Morgan fingerprint density at radius 2 is 1.50 bits per heavy atom. The third-order valence-electron chi connectivity index (χ3n) is 7.69. The molecule has 0 spiro atoms. The molecule has 0 bridgehead atoms. The summed E-state index contributed by atoms with van der Waals surface area (Å²) in [6.45, 7) is 5.70. The first-order valence-corrected chi connectivity index (χ1v) is 14.1. The molecule has 3 heterocycles. The van der Waals surface area contributed by atoms with E-state index >= 15 is 0 Å². The zero-order chi connectivity index (χ0) is 27.3. The van der Waals surface area contributed by atoms with Gasteiger partial charge in [-0.05, 0) is 92.4 Å². The number of fused-ring (bicyclic) bond motifs is 1. The third kappa shape index (κ3) is 5.87. The number of methoxy groups -OCH3 is 1. The molecule has 0 aliphatic carbocycles. The van der Waals surface area contributed by atoms with Gasteiger partial charge in [0.15, 0.2) is 5.82 Å². The van der Waals surface area contributed by atoms with Crippen molar-refractivity contribution in [3.8, 4) is 22.8 Å². The molecule has 2 fully saturated rings. The number of amides is 1. The van der Waals surface area contributed by atoms with E-state index in [-0.39, 0.29) is 5.91 Å². The maximum atomic E-state index is 13.0. The minimum absolute atomic E-state index is 0.171. The van der Waals surface area contributed by atoms with Gasteiger partial charge in [-0.1, -0.05) is 24.3 Å². The molecule has 0 saturated carbocycles. The van der Waals surface area contributed by atoms with E-state index in [9.17, 15) is 4.79 Å². The number of hydrogen-bond donors (Lipinski definition) is 1. The summed E-state index contributed by atoms with van der Waals surface area (Å²) in [5, 5.41) is 3.02. The number of hydrogen-bond acceptors (Lipinski definition) is 7. The molecule has 2 aliphatic heterocycles. The van der Waals surface area contributed by atoms with E-state index in [4.69, 9.17) is 19.4 Å². The Balaban J connectivity index is 1.17. The first-order valence-electron chi connectivity index (χ1n) is 14.1. The average molecular weight is 538 g/mol. The Kier molecular flexibility index (Phi) is 7.77. The first kappa shape index (κ1) is 26.1. The fourth-order valence-electron chi connectivity index (χ4n) is 5.42. The Hall–Kier alpha value is -4.17. The lowest BCUT2D eigenvalue weighted by Crippen LogP contribution is -2.26. The molecule has 8 heteroatoms. The second kappa shape index (κ2) is 11.9. The van der Waals surface area contributed by atoms with Gasteiger partial charge in [-0.15, -0.1) is 0 Å². The predicted molar refractivity (Wildman–Crippen MR) is 159 cm³/mol. The topological polar surface area (TPSA) is 79.8 Å². The van der Waals surface area contributed by atoms with E-state index in [0.29, 0.717) is 23.7 Å². The number of anilines is 2. The monoisotopic (exact) mass is 537 g/mol. The number of aromatic nitrogens is 2. The largest absolute Gasteiger partial charge is 0.497 e. The smallest absolute Gasteiger partial charge is 0.258 e. The number of nitrogens with zero attached hydrogens (tertiary/aromatic N) is 4. The summed E-state index contributed by atoms with van der Waals surface area (Å²) < 4.78 is 11.4. The SMILES string of the molecule is COc1ccc(-c2ccc(C(=O)Nc3ccc4nc(OCCN5CCCC5)c(N5CCCC5)nc4c3)cc2)cc1. The number of ether oxygens (including phenoxy) is 2. The highest BCUT2D eigenvalue weighted by molar-refractivity contribution is 6.05. The standard InChI is InChI=1S/C32H35N5O3/c1-39-27-13-10-24(11-14-27)23-6-8-25(9-7-23)31(38)33-26-12-15-28-29(22-26)34-30(37-18-4-5-19-37)32(35-28)40-21-20-36-16-2-3-17-36/h6-15,22H,2-5,16-21H2,1H3,(H,33,38). The molecular weight excluding hydrogens is 502 g/mol. The van der Waals surface area contributed by atoms with E-state index in [1.807, 2.05) is 66.7 Å². The number of benzene rings is 3. The molecule has 1 aromatic heterocycles. The summed E-state index contributed by atoms with van der Waals surface area (Å²) >= 11 is 0. The summed E-state index contributed by atoms with van der Waals surface area (Å²) in [7, 11) is 1.65. The summed E-state index contributed by atoms with van der Waals surface area (Å²) in [4.78, 5) is 27.6. The fourth-order valence-corrected chi connectivity index (χ4v) is 5.42. The maximum Gasteiger partial charge on any atom is 0.258 e. The van der Waals surface area contributed by atoms with Crippen LogP contribution in [-0.2, 0) is 0 Å². The lowest BCUT2D eigenvalue weighted by atomic mass is 10.0. The van der Waals surface area contributed by atoms with Crippen molar-refractivity contribution in [2.45, 2.75) is 25.7 Å². The van der Waals surface area contributed by atoms with Crippen LogP contribution in [0.3, 0.4) is 0 Å². The van der Waals surface area contributed by atoms with Crippen LogP contribution in [0.15, 0.2) is 66.7 Å². The van der Waals surface area contributed by atoms with Crippen LogP contribution in [0.1, 0.15) is 36.0 Å². The fraction of sp³-hybridized carbons (Fsp3) is 0.344. The van der Waals surface area contributed by atoms with E-state index in [0.717, 1.165) is 79.3 Å². The Morgan fingerprint density at radius 3 is 2.20 bits per heavy atom. The molecule has 0 radical (unpaired) electrons. The van der Waals surface area contributed by atoms with Gasteiger partial charge < -0.3 is 19.7 Å². The zero-order valence-electron chi connectivity index (χ0n) is 22.9. The van der Waals surface area contributed by atoms with Crippen molar-refractivity contribution >= 4 is 28.4 Å². The molecule has 4 aromatic rings. The molecule has 3 aromatic carbocycles. The highest BCUT2D eigenvalue weighted by Crippen LogP contribution is 2.31. The van der Waals surface area contributed by atoms with Crippen molar-refractivity contribution < 1.29 is 14.3 Å². The van der Waals surface area contributed by atoms with Crippen molar-refractivity contribution in [3.05, 3.63) is 72.3 Å². The van der Waals surface area contributed by atoms with Crippen LogP contribution in [0.4, 0.5) is 11.5 Å². The van der Waals surface area contributed by atoms with Crippen molar-refractivity contribution in [2.24, 2.45) is 0 Å². The van der Waals surface area contributed by atoms with Gasteiger partial charge in [0.25, 0.3) is 11.8 Å². The van der Waals surface area contributed by atoms with Crippen molar-refractivity contribution in [2.75, 3.05) is 56.7 Å². The number of nitrogens with one attached hydrogen (secondary N) is 1. The molecule has 40 heavy (non-hydrogen) atoms. The molecule has 6 rings (SSSR count). The zero-order valence-corrected chi connectivity index (χ0v) is 22.9. The molecule has 0 unspecified atom stereocenters. The lowest BCUT2D eigenvalue weighted by Gasteiger charge is -2.21. The molecule has 0 atom stereocenters. The maximum absolute atomic E-state index is 13.0. The summed E-state index contributed by atoms with van der Waals surface area (Å²) in [6, 6.07) is 21.1. The first-order chi connectivity index (χ1) is 19.7. The normalized spacial score (nSPS) is 15.5. The summed E-state index contributed by atoms with van der Waals surface area (Å²) in [5.74, 6) is 2.04. The van der Waals surface area contributed by atoms with E-state index in [1.165, 1.54) is 12.8 Å². The summed E-state index contributed by atoms with van der Waals surface area (Å²) in [5.41, 5.74) is 4.86. The minimum Gasteiger partial charge on any atom is -0.497 e. The highest BCUT2D eigenvalue weighted by Gasteiger charge is 2.21.